The lowest BCUT2D eigenvalue weighted by atomic mass is 10.1. The summed E-state index contributed by atoms with van der Waals surface area (Å²) in [6.45, 7) is 0.141. The number of rotatable bonds is 5. The molecule has 142 valence electrons. The molecular weight excluding hydrogens is 361 g/mol. The maximum absolute atomic E-state index is 13.4. The molecule has 4 rings (SSSR count). The van der Waals surface area contributed by atoms with Crippen LogP contribution in [0.25, 0.3) is 0 Å². The maximum Gasteiger partial charge on any atom is 0.258 e. The molecular formula is C22H18FNO4. The summed E-state index contributed by atoms with van der Waals surface area (Å²) in [6, 6.07) is 18.5. The van der Waals surface area contributed by atoms with E-state index in [0.717, 1.165) is 0 Å². The molecule has 0 spiro atoms. The van der Waals surface area contributed by atoms with Gasteiger partial charge in [0.2, 0.25) is 6.23 Å². The minimum Gasteiger partial charge on any atom is -0.493 e. The quantitative estimate of drug-likeness (QED) is 0.721. The first-order valence-electron chi connectivity index (χ1n) is 8.76. The number of nitrogens with one attached hydrogen (secondary N) is 1. The molecule has 0 aromatic heterocycles. The van der Waals surface area contributed by atoms with Gasteiger partial charge >= 0.3 is 0 Å². The molecule has 0 saturated carbocycles. The standard InChI is InChI=1S/C22H18FNO4/c1-26-19-11-5-9-17(20(19)27-13-14-6-4-7-15(23)12-14)22-24-21(25)16-8-2-3-10-18(16)28-22/h2-12,22H,13H2,1H3,(H,24,25). The van der Waals surface area contributed by atoms with Crippen LogP contribution in [0.4, 0.5) is 4.39 Å². The molecule has 1 N–H and O–H groups in total. The van der Waals surface area contributed by atoms with E-state index in [1.807, 2.05) is 0 Å². The van der Waals surface area contributed by atoms with E-state index in [-0.39, 0.29) is 18.3 Å². The summed E-state index contributed by atoms with van der Waals surface area (Å²) in [5.41, 5.74) is 1.76. The third-order valence-electron chi connectivity index (χ3n) is 4.42. The predicted octanol–water partition coefficient (Wildman–Crippen LogP) is 4.23. The van der Waals surface area contributed by atoms with Gasteiger partial charge in [-0.15, -0.1) is 0 Å². The minimum atomic E-state index is -0.736. The second kappa shape index (κ2) is 7.60. The Hall–Kier alpha value is -3.54. The highest BCUT2D eigenvalue weighted by molar-refractivity contribution is 5.98. The van der Waals surface area contributed by atoms with Crippen LogP contribution in [0.5, 0.6) is 17.2 Å². The van der Waals surface area contributed by atoms with Crippen molar-refractivity contribution >= 4 is 5.91 Å². The monoisotopic (exact) mass is 379 g/mol. The topological polar surface area (TPSA) is 56.8 Å². The Labute approximate surface area is 161 Å². The van der Waals surface area contributed by atoms with Crippen LogP contribution in [-0.2, 0) is 6.61 Å². The number of amides is 1. The Morgan fingerprint density at radius 3 is 2.71 bits per heavy atom. The normalized spacial score (nSPS) is 15.2. The molecule has 1 atom stereocenters. The Morgan fingerprint density at radius 1 is 1.07 bits per heavy atom. The minimum absolute atomic E-state index is 0.141. The van der Waals surface area contributed by atoms with Gasteiger partial charge in [0.15, 0.2) is 11.5 Å². The molecule has 3 aromatic carbocycles. The van der Waals surface area contributed by atoms with Gasteiger partial charge in [-0.1, -0.05) is 30.3 Å². The van der Waals surface area contributed by atoms with Crippen LogP contribution in [-0.4, -0.2) is 13.0 Å². The van der Waals surface area contributed by atoms with Gasteiger partial charge in [-0.2, -0.15) is 0 Å². The van der Waals surface area contributed by atoms with Gasteiger partial charge in [-0.25, -0.2) is 4.39 Å². The van der Waals surface area contributed by atoms with Gasteiger partial charge in [0.05, 0.1) is 18.2 Å². The van der Waals surface area contributed by atoms with Gasteiger partial charge in [-0.05, 0) is 42.0 Å². The Kier molecular flexibility index (Phi) is 4.85. The molecule has 1 aliphatic rings. The highest BCUT2D eigenvalue weighted by Crippen LogP contribution is 2.38. The maximum atomic E-state index is 13.4. The summed E-state index contributed by atoms with van der Waals surface area (Å²) < 4.78 is 30.8. The molecule has 6 heteroatoms. The fraction of sp³-hybridized carbons (Fsp3) is 0.136. The number of halogens is 1. The summed E-state index contributed by atoms with van der Waals surface area (Å²) in [4.78, 5) is 12.4. The molecule has 0 fully saturated rings. The zero-order chi connectivity index (χ0) is 19.5. The van der Waals surface area contributed by atoms with E-state index in [4.69, 9.17) is 14.2 Å². The number of carbonyl (C=O) groups excluding carboxylic acids is 1. The first-order valence-corrected chi connectivity index (χ1v) is 8.76. The zero-order valence-electron chi connectivity index (χ0n) is 15.1. The van der Waals surface area contributed by atoms with Gasteiger partial charge in [0, 0.05) is 0 Å². The van der Waals surface area contributed by atoms with Gasteiger partial charge in [-0.3, -0.25) is 4.79 Å². The van der Waals surface area contributed by atoms with Crippen LogP contribution in [0, 0.1) is 5.82 Å². The molecule has 3 aromatic rings. The highest BCUT2D eigenvalue weighted by Gasteiger charge is 2.29. The van der Waals surface area contributed by atoms with Crippen molar-refractivity contribution in [3.05, 3.63) is 89.2 Å². The number of ether oxygens (including phenoxy) is 3. The molecule has 1 unspecified atom stereocenters. The molecule has 1 heterocycles. The number of hydrogen-bond acceptors (Lipinski definition) is 4. The van der Waals surface area contributed by atoms with Crippen molar-refractivity contribution in [2.75, 3.05) is 7.11 Å². The van der Waals surface area contributed by atoms with Crippen molar-refractivity contribution in [1.29, 1.82) is 0 Å². The zero-order valence-corrected chi connectivity index (χ0v) is 15.1. The molecule has 0 bridgehead atoms. The fourth-order valence-corrected chi connectivity index (χ4v) is 3.09. The molecule has 5 nitrogen and oxygen atoms in total. The van der Waals surface area contributed by atoms with Gasteiger partial charge in [0.1, 0.15) is 18.2 Å². The lowest BCUT2D eigenvalue weighted by Gasteiger charge is -2.28. The number of para-hydroxylation sites is 2. The summed E-state index contributed by atoms with van der Waals surface area (Å²) in [7, 11) is 1.53. The summed E-state index contributed by atoms with van der Waals surface area (Å²) in [5.74, 6) is 0.853. The van der Waals surface area contributed by atoms with Crippen molar-refractivity contribution in [1.82, 2.24) is 5.32 Å². The van der Waals surface area contributed by atoms with Gasteiger partial charge in [0.25, 0.3) is 5.91 Å². The number of benzene rings is 3. The van der Waals surface area contributed by atoms with Crippen LogP contribution >= 0.6 is 0 Å². The van der Waals surface area contributed by atoms with E-state index < -0.39 is 6.23 Å². The Balaban J connectivity index is 1.65. The van der Waals surface area contributed by atoms with E-state index in [9.17, 15) is 9.18 Å². The number of methoxy groups -OCH3 is 1. The Bertz CT molecular complexity index is 1020. The van der Waals surface area contributed by atoms with Gasteiger partial charge < -0.3 is 19.5 Å². The predicted molar refractivity (Wildman–Crippen MR) is 101 cm³/mol. The van der Waals surface area contributed by atoms with E-state index in [1.165, 1.54) is 19.2 Å². The molecule has 28 heavy (non-hydrogen) atoms. The lowest BCUT2D eigenvalue weighted by Crippen LogP contribution is -2.37. The second-order valence-corrected chi connectivity index (χ2v) is 6.26. The molecule has 0 saturated heterocycles. The summed E-state index contributed by atoms with van der Waals surface area (Å²) in [5, 5.41) is 2.83. The highest BCUT2D eigenvalue weighted by atomic mass is 19.1. The van der Waals surface area contributed by atoms with Crippen molar-refractivity contribution in [3.8, 4) is 17.2 Å². The average Bonchev–Trinajstić information content (AvgIpc) is 2.72. The second-order valence-electron chi connectivity index (χ2n) is 6.26. The van der Waals surface area contributed by atoms with Crippen LogP contribution in [0.3, 0.4) is 0 Å². The van der Waals surface area contributed by atoms with E-state index in [2.05, 4.69) is 5.32 Å². The van der Waals surface area contributed by atoms with E-state index in [1.54, 1.807) is 54.6 Å². The van der Waals surface area contributed by atoms with Crippen molar-refractivity contribution in [2.45, 2.75) is 12.8 Å². The van der Waals surface area contributed by atoms with Crippen molar-refractivity contribution in [3.63, 3.8) is 0 Å². The fourth-order valence-electron chi connectivity index (χ4n) is 3.09. The SMILES string of the molecule is COc1cccc(C2NC(=O)c3ccccc3O2)c1OCc1cccc(F)c1. The number of carbonyl (C=O) groups is 1. The van der Waals surface area contributed by atoms with E-state index in [0.29, 0.717) is 33.9 Å². The lowest BCUT2D eigenvalue weighted by molar-refractivity contribution is 0.0748. The van der Waals surface area contributed by atoms with Crippen LogP contribution in [0.15, 0.2) is 66.7 Å². The largest absolute Gasteiger partial charge is 0.493 e. The molecule has 1 aliphatic heterocycles. The van der Waals surface area contributed by atoms with Crippen LogP contribution in [0.2, 0.25) is 0 Å². The third-order valence-corrected chi connectivity index (χ3v) is 4.42. The van der Waals surface area contributed by atoms with Crippen molar-refractivity contribution < 1.29 is 23.4 Å². The molecule has 0 radical (unpaired) electrons. The average molecular weight is 379 g/mol. The summed E-state index contributed by atoms with van der Waals surface area (Å²) >= 11 is 0. The number of fused-ring (bicyclic) bond motifs is 1. The summed E-state index contributed by atoms with van der Waals surface area (Å²) in [6.07, 6.45) is -0.736. The smallest absolute Gasteiger partial charge is 0.258 e. The van der Waals surface area contributed by atoms with Crippen LogP contribution < -0.4 is 19.5 Å². The molecule has 1 amide bonds. The number of hydrogen-bond donors (Lipinski definition) is 1. The molecule has 0 aliphatic carbocycles. The van der Waals surface area contributed by atoms with E-state index >= 15 is 0 Å². The first-order chi connectivity index (χ1) is 13.7. The third kappa shape index (κ3) is 3.49. The van der Waals surface area contributed by atoms with Crippen molar-refractivity contribution in [2.24, 2.45) is 0 Å². The van der Waals surface area contributed by atoms with Crippen LogP contribution in [0.1, 0.15) is 27.7 Å². The Morgan fingerprint density at radius 2 is 1.89 bits per heavy atom. The first kappa shape index (κ1) is 17.9.